The van der Waals surface area contributed by atoms with Crippen LogP contribution in [-0.2, 0) is 6.42 Å². The van der Waals surface area contributed by atoms with E-state index in [1.54, 1.807) is 20.4 Å². The van der Waals surface area contributed by atoms with Gasteiger partial charge in [-0.05, 0) is 42.7 Å². The molecule has 1 N–H and O–H groups in total. The number of imidazole rings is 1. The number of hydrogen-bond donors (Lipinski definition) is 1. The molecule has 3 aromatic rings. The fourth-order valence-corrected chi connectivity index (χ4v) is 2.66. The largest absolute Gasteiger partial charge is 0.493 e. The van der Waals surface area contributed by atoms with E-state index in [1.165, 1.54) is 0 Å². The van der Waals surface area contributed by atoms with Crippen LogP contribution in [0.25, 0.3) is 5.65 Å². The molecular weight excluding hydrogens is 318 g/mol. The molecule has 0 aliphatic rings. The highest BCUT2D eigenvalue weighted by Gasteiger charge is 2.11. The van der Waals surface area contributed by atoms with Crippen molar-refractivity contribution in [2.75, 3.05) is 20.8 Å². The van der Waals surface area contributed by atoms with Crippen LogP contribution in [0.5, 0.6) is 11.5 Å². The van der Waals surface area contributed by atoms with Crippen LogP contribution in [0.1, 0.15) is 21.6 Å². The molecule has 0 radical (unpaired) electrons. The van der Waals surface area contributed by atoms with E-state index < -0.39 is 0 Å². The Morgan fingerprint density at radius 3 is 2.68 bits per heavy atom. The van der Waals surface area contributed by atoms with Crippen molar-refractivity contribution in [1.82, 2.24) is 14.7 Å². The average Bonchev–Trinajstić information content (AvgIpc) is 3.04. The first kappa shape index (κ1) is 16.8. The van der Waals surface area contributed by atoms with Gasteiger partial charge in [0.25, 0.3) is 5.91 Å². The molecule has 0 aliphatic heterocycles. The van der Waals surface area contributed by atoms with Gasteiger partial charge in [0, 0.05) is 18.9 Å². The molecule has 0 saturated carbocycles. The van der Waals surface area contributed by atoms with Crippen LogP contribution in [-0.4, -0.2) is 36.1 Å². The molecule has 130 valence electrons. The van der Waals surface area contributed by atoms with Crippen LogP contribution < -0.4 is 14.8 Å². The summed E-state index contributed by atoms with van der Waals surface area (Å²) < 4.78 is 12.4. The van der Waals surface area contributed by atoms with Crippen LogP contribution in [0, 0.1) is 6.92 Å². The summed E-state index contributed by atoms with van der Waals surface area (Å²) in [4.78, 5) is 16.6. The average molecular weight is 339 g/mol. The van der Waals surface area contributed by atoms with Gasteiger partial charge >= 0.3 is 0 Å². The van der Waals surface area contributed by atoms with Crippen molar-refractivity contribution >= 4 is 11.6 Å². The van der Waals surface area contributed by atoms with Gasteiger partial charge in [-0.3, -0.25) is 4.79 Å². The first-order chi connectivity index (χ1) is 12.1. The van der Waals surface area contributed by atoms with Gasteiger partial charge in [-0.2, -0.15) is 0 Å². The fourth-order valence-electron chi connectivity index (χ4n) is 2.66. The van der Waals surface area contributed by atoms with E-state index in [4.69, 9.17) is 9.47 Å². The van der Waals surface area contributed by atoms with Crippen molar-refractivity contribution in [2.45, 2.75) is 13.3 Å². The van der Waals surface area contributed by atoms with Gasteiger partial charge < -0.3 is 19.2 Å². The molecule has 0 bridgehead atoms. The summed E-state index contributed by atoms with van der Waals surface area (Å²) >= 11 is 0. The summed E-state index contributed by atoms with van der Waals surface area (Å²) in [6.07, 6.45) is 4.38. The number of aromatic nitrogens is 2. The summed E-state index contributed by atoms with van der Waals surface area (Å²) in [5.74, 6) is 1.19. The highest BCUT2D eigenvalue weighted by molar-refractivity contribution is 5.92. The third kappa shape index (κ3) is 3.74. The summed E-state index contributed by atoms with van der Waals surface area (Å²) in [6.45, 7) is 2.52. The van der Waals surface area contributed by atoms with Crippen LogP contribution in [0.3, 0.4) is 0 Å². The number of carbonyl (C=O) groups excluding carboxylic acids is 1. The lowest BCUT2D eigenvalue weighted by atomic mass is 10.1. The second kappa shape index (κ2) is 7.25. The molecule has 25 heavy (non-hydrogen) atoms. The molecule has 2 heterocycles. The summed E-state index contributed by atoms with van der Waals surface area (Å²) in [5, 5.41) is 2.90. The molecule has 1 amide bonds. The molecule has 0 atom stereocenters. The second-order valence-electron chi connectivity index (χ2n) is 5.79. The van der Waals surface area contributed by atoms with Crippen LogP contribution in [0.4, 0.5) is 0 Å². The number of methoxy groups -OCH3 is 2. The predicted molar refractivity (Wildman–Crippen MR) is 95.5 cm³/mol. The lowest BCUT2D eigenvalue weighted by Gasteiger charge is -2.09. The Labute approximate surface area is 146 Å². The Kier molecular flexibility index (Phi) is 4.88. The van der Waals surface area contributed by atoms with Crippen molar-refractivity contribution in [2.24, 2.45) is 0 Å². The van der Waals surface area contributed by atoms with Gasteiger partial charge in [0.1, 0.15) is 11.3 Å². The Morgan fingerprint density at radius 2 is 1.92 bits per heavy atom. The lowest BCUT2D eigenvalue weighted by Crippen LogP contribution is -2.26. The summed E-state index contributed by atoms with van der Waals surface area (Å²) in [6, 6.07) is 9.61. The van der Waals surface area contributed by atoms with Gasteiger partial charge in [-0.15, -0.1) is 0 Å². The standard InChI is InChI=1S/C19H21N3O3/c1-13-4-7-18-21-15(12-22(18)11-13)19(23)20-9-8-14-5-6-16(24-2)17(10-14)25-3/h4-7,10-12H,8-9H2,1-3H3,(H,20,23). The number of pyridine rings is 1. The van der Waals surface area contributed by atoms with E-state index in [0.717, 1.165) is 16.8 Å². The maximum atomic E-state index is 12.3. The highest BCUT2D eigenvalue weighted by Crippen LogP contribution is 2.27. The first-order valence-electron chi connectivity index (χ1n) is 8.05. The number of nitrogens with zero attached hydrogens (tertiary/aromatic N) is 2. The van der Waals surface area contributed by atoms with Crippen molar-refractivity contribution in [3.05, 3.63) is 59.5 Å². The van der Waals surface area contributed by atoms with Gasteiger partial charge in [0.15, 0.2) is 11.5 Å². The minimum absolute atomic E-state index is 0.179. The molecule has 0 spiro atoms. The minimum Gasteiger partial charge on any atom is -0.493 e. The van der Waals surface area contributed by atoms with Gasteiger partial charge in [-0.25, -0.2) is 4.98 Å². The molecule has 2 aromatic heterocycles. The third-order valence-electron chi connectivity index (χ3n) is 3.98. The van der Waals surface area contributed by atoms with E-state index in [9.17, 15) is 4.79 Å². The molecule has 3 rings (SSSR count). The van der Waals surface area contributed by atoms with E-state index >= 15 is 0 Å². The number of carbonyl (C=O) groups is 1. The Morgan fingerprint density at radius 1 is 1.12 bits per heavy atom. The Balaban J connectivity index is 1.62. The monoisotopic (exact) mass is 339 g/mol. The number of amides is 1. The number of benzene rings is 1. The molecule has 0 unspecified atom stereocenters. The molecular formula is C19H21N3O3. The SMILES string of the molecule is COc1ccc(CCNC(=O)c2cn3cc(C)ccc3n2)cc1OC. The normalized spacial score (nSPS) is 10.7. The van der Waals surface area contributed by atoms with Crippen molar-refractivity contribution in [1.29, 1.82) is 0 Å². The van der Waals surface area contributed by atoms with Crippen molar-refractivity contribution < 1.29 is 14.3 Å². The van der Waals surface area contributed by atoms with Crippen molar-refractivity contribution in [3.8, 4) is 11.5 Å². The summed E-state index contributed by atoms with van der Waals surface area (Å²) in [7, 11) is 3.21. The molecule has 0 aliphatic carbocycles. The van der Waals surface area contributed by atoms with Gasteiger partial charge in [0.2, 0.25) is 0 Å². The van der Waals surface area contributed by atoms with E-state index in [0.29, 0.717) is 30.2 Å². The number of hydrogen-bond acceptors (Lipinski definition) is 4. The number of rotatable bonds is 6. The zero-order chi connectivity index (χ0) is 17.8. The topological polar surface area (TPSA) is 64.9 Å². The predicted octanol–water partition coefficient (Wildman–Crippen LogP) is 2.63. The zero-order valence-corrected chi connectivity index (χ0v) is 14.6. The third-order valence-corrected chi connectivity index (χ3v) is 3.98. The highest BCUT2D eigenvalue weighted by atomic mass is 16.5. The molecule has 6 heteroatoms. The van der Waals surface area contributed by atoms with E-state index in [1.807, 2.05) is 47.9 Å². The number of nitrogens with one attached hydrogen (secondary N) is 1. The van der Waals surface area contributed by atoms with Gasteiger partial charge in [0.05, 0.1) is 14.2 Å². The van der Waals surface area contributed by atoms with Crippen LogP contribution in [0.15, 0.2) is 42.7 Å². The zero-order valence-electron chi connectivity index (χ0n) is 14.6. The fraction of sp³-hybridized carbons (Fsp3) is 0.263. The Hall–Kier alpha value is -3.02. The van der Waals surface area contributed by atoms with Crippen LogP contribution in [0.2, 0.25) is 0 Å². The number of aryl methyl sites for hydroxylation is 1. The molecule has 0 fully saturated rings. The van der Waals surface area contributed by atoms with Crippen molar-refractivity contribution in [3.63, 3.8) is 0 Å². The second-order valence-corrected chi connectivity index (χ2v) is 5.79. The minimum atomic E-state index is -0.179. The quantitative estimate of drug-likeness (QED) is 0.750. The maximum absolute atomic E-state index is 12.3. The van der Waals surface area contributed by atoms with E-state index in [-0.39, 0.29) is 5.91 Å². The Bertz CT molecular complexity index is 902. The lowest BCUT2D eigenvalue weighted by molar-refractivity contribution is 0.0950. The smallest absolute Gasteiger partial charge is 0.271 e. The molecule has 1 aromatic carbocycles. The first-order valence-corrected chi connectivity index (χ1v) is 8.05. The maximum Gasteiger partial charge on any atom is 0.271 e. The van der Waals surface area contributed by atoms with Gasteiger partial charge in [-0.1, -0.05) is 12.1 Å². The van der Waals surface area contributed by atoms with Crippen LogP contribution >= 0.6 is 0 Å². The molecule has 6 nitrogen and oxygen atoms in total. The molecule has 0 saturated heterocycles. The van der Waals surface area contributed by atoms with E-state index in [2.05, 4.69) is 10.3 Å². The number of fused-ring (bicyclic) bond motifs is 1. The summed E-state index contributed by atoms with van der Waals surface area (Å²) in [5.41, 5.74) is 3.35. The number of ether oxygens (including phenoxy) is 2.